The first-order valence-electron chi connectivity index (χ1n) is 9.68. The molecule has 2 N–H and O–H groups in total. The molecule has 0 unspecified atom stereocenters. The fraction of sp³-hybridized carbons (Fsp3) is 0.318. The minimum atomic E-state index is -0.356. The molecule has 1 aliphatic rings. The van der Waals surface area contributed by atoms with Crippen LogP contribution in [0.1, 0.15) is 18.2 Å². The summed E-state index contributed by atoms with van der Waals surface area (Å²) in [6, 6.07) is 9.30. The van der Waals surface area contributed by atoms with Gasteiger partial charge in [0.05, 0.1) is 31.7 Å². The van der Waals surface area contributed by atoms with Crippen LogP contribution in [0.5, 0.6) is 5.75 Å². The Morgan fingerprint density at radius 3 is 2.73 bits per heavy atom. The van der Waals surface area contributed by atoms with Crippen LogP contribution in [-0.4, -0.2) is 35.8 Å². The number of rotatable bonds is 6. The monoisotopic (exact) mass is 424 g/mol. The third-order valence-corrected chi connectivity index (χ3v) is 5.71. The number of amides is 2. The van der Waals surface area contributed by atoms with E-state index in [9.17, 15) is 4.79 Å². The number of urea groups is 1. The quantitative estimate of drug-likeness (QED) is 0.589. The van der Waals surface area contributed by atoms with Crippen LogP contribution in [0.4, 0.5) is 16.3 Å². The second kappa shape index (κ2) is 8.41. The summed E-state index contributed by atoms with van der Waals surface area (Å²) in [5.74, 6) is 1.37. The molecule has 2 aromatic heterocycles. The number of thiazole rings is 1. The zero-order valence-electron chi connectivity index (χ0n) is 17.2. The number of benzene rings is 1. The molecule has 3 heterocycles. The second-order valence-electron chi connectivity index (χ2n) is 7.88. The summed E-state index contributed by atoms with van der Waals surface area (Å²) >= 11 is 1.47. The molecule has 0 saturated carbocycles. The zero-order chi connectivity index (χ0) is 21.1. The van der Waals surface area contributed by atoms with Gasteiger partial charge in [-0.3, -0.25) is 10.3 Å². The number of ether oxygens (including phenoxy) is 2. The molecule has 1 fully saturated rings. The predicted molar refractivity (Wildman–Crippen MR) is 118 cm³/mol. The summed E-state index contributed by atoms with van der Waals surface area (Å²) < 4.78 is 11.3. The molecule has 1 saturated heterocycles. The fourth-order valence-electron chi connectivity index (χ4n) is 3.01. The van der Waals surface area contributed by atoms with E-state index in [0.29, 0.717) is 18.1 Å². The minimum Gasteiger partial charge on any atom is -0.493 e. The standard InChI is InChI=1S/C22H24N4O3S/c1-14-8-16(5-7-18(14)29-13-22(3)11-28-12-22)20-25-19(10-30-20)26-21(27)24-17-6-4-15(2)23-9-17/h4-10H,11-13H2,1-3H3,(H2,24,26,27). The lowest BCUT2D eigenvalue weighted by atomic mass is 9.90. The van der Waals surface area contributed by atoms with E-state index in [1.807, 2.05) is 37.4 Å². The lowest BCUT2D eigenvalue weighted by Gasteiger charge is -2.37. The highest BCUT2D eigenvalue weighted by Crippen LogP contribution is 2.32. The summed E-state index contributed by atoms with van der Waals surface area (Å²) in [7, 11) is 0. The first-order valence-corrected chi connectivity index (χ1v) is 10.6. The maximum absolute atomic E-state index is 12.2. The molecule has 0 atom stereocenters. The number of nitrogens with one attached hydrogen (secondary N) is 2. The van der Waals surface area contributed by atoms with Crippen molar-refractivity contribution >= 4 is 28.9 Å². The lowest BCUT2D eigenvalue weighted by Crippen LogP contribution is -2.44. The number of carbonyl (C=O) groups is 1. The van der Waals surface area contributed by atoms with Crippen molar-refractivity contribution in [1.29, 1.82) is 0 Å². The van der Waals surface area contributed by atoms with E-state index in [1.54, 1.807) is 12.3 Å². The normalized spacial score (nSPS) is 14.6. The van der Waals surface area contributed by atoms with Gasteiger partial charge in [-0.05, 0) is 49.7 Å². The van der Waals surface area contributed by atoms with Gasteiger partial charge in [-0.15, -0.1) is 11.3 Å². The van der Waals surface area contributed by atoms with Gasteiger partial charge < -0.3 is 14.8 Å². The van der Waals surface area contributed by atoms with Gasteiger partial charge in [0.15, 0.2) is 0 Å². The number of carbonyl (C=O) groups excluding carboxylic acids is 1. The number of pyridine rings is 1. The molecule has 2 amide bonds. The van der Waals surface area contributed by atoms with Crippen LogP contribution in [-0.2, 0) is 4.74 Å². The lowest BCUT2D eigenvalue weighted by molar-refractivity contribution is -0.120. The highest BCUT2D eigenvalue weighted by Gasteiger charge is 2.34. The van der Waals surface area contributed by atoms with Gasteiger partial charge in [-0.1, -0.05) is 6.92 Å². The molecule has 0 aliphatic carbocycles. The molecule has 4 rings (SSSR count). The minimum absolute atomic E-state index is 0.107. The highest BCUT2D eigenvalue weighted by molar-refractivity contribution is 7.13. The van der Waals surface area contributed by atoms with Crippen molar-refractivity contribution in [1.82, 2.24) is 9.97 Å². The van der Waals surface area contributed by atoms with E-state index in [0.717, 1.165) is 40.8 Å². The Balaban J connectivity index is 1.37. The Bertz CT molecular complexity index is 1040. The summed E-state index contributed by atoms with van der Waals surface area (Å²) in [6.45, 7) is 8.21. The van der Waals surface area contributed by atoms with E-state index in [4.69, 9.17) is 9.47 Å². The van der Waals surface area contributed by atoms with Crippen molar-refractivity contribution in [2.45, 2.75) is 20.8 Å². The molecule has 1 aliphatic heterocycles. The average Bonchev–Trinajstić information content (AvgIpc) is 3.15. The van der Waals surface area contributed by atoms with Crippen LogP contribution in [0.15, 0.2) is 41.9 Å². The van der Waals surface area contributed by atoms with Crippen molar-refractivity contribution in [3.05, 3.63) is 53.2 Å². The van der Waals surface area contributed by atoms with Crippen LogP contribution in [0, 0.1) is 19.3 Å². The van der Waals surface area contributed by atoms with Gasteiger partial charge in [-0.2, -0.15) is 0 Å². The third-order valence-electron chi connectivity index (χ3n) is 4.81. The topological polar surface area (TPSA) is 85.4 Å². The Labute approximate surface area is 179 Å². The van der Waals surface area contributed by atoms with E-state index < -0.39 is 0 Å². The number of nitrogens with zero attached hydrogens (tertiary/aromatic N) is 2. The molecule has 30 heavy (non-hydrogen) atoms. The van der Waals surface area contributed by atoms with Gasteiger partial charge >= 0.3 is 6.03 Å². The van der Waals surface area contributed by atoms with Crippen molar-refractivity contribution in [3.63, 3.8) is 0 Å². The average molecular weight is 425 g/mol. The molecule has 0 bridgehead atoms. The van der Waals surface area contributed by atoms with Gasteiger partial charge in [-0.25, -0.2) is 9.78 Å². The van der Waals surface area contributed by atoms with Crippen LogP contribution in [0.3, 0.4) is 0 Å². The molecule has 1 aromatic carbocycles. The summed E-state index contributed by atoms with van der Waals surface area (Å²) in [5.41, 5.74) is 3.66. The van der Waals surface area contributed by atoms with Crippen molar-refractivity contribution in [2.24, 2.45) is 5.41 Å². The maximum Gasteiger partial charge on any atom is 0.324 e. The highest BCUT2D eigenvalue weighted by atomic mass is 32.1. The summed E-state index contributed by atoms with van der Waals surface area (Å²) in [5, 5.41) is 8.15. The van der Waals surface area contributed by atoms with E-state index in [2.05, 4.69) is 33.6 Å². The van der Waals surface area contributed by atoms with Gasteiger partial charge in [0.25, 0.3) is 0 Å². The first-order chi connectivity index (χ1) is 14.4. The molecule has 8 heteroatoms. The van der Waals surface area contributed by atoms with E-state index in [1.165, 1.54) is 11.3 Å². The van der Waals surface area contributed by atoms with Crippen LogP contribution < -0.4 is 15.4 Å². The van der Waals surface area contributed by atoms with Gasteiger partial charge in [0.1, 0.15) is 16.6 Å². The second-order valence-corrected chi connectivity index (χ2v) is 8.74. The Morgan fingerprint density at radius 1 is 1.23 bits per heavy atom. The van der Waals surface area contributed by atoms with Crippen LogP contribution >= 0.6 is 11.3 Å². The van der Waals surface area contributed by atoms with Gasteiger partial charge in [0.2, 0.25) is 0 Å². The Morgan fingerprint density at radius 2 is 2.07 bits per heavy atom. The fourth-order valence-corrected chi connectivity index (χ4v) is 3.76. The maximum atomic E-state index is 12.2. The Kier molecular flexibility index (Phi) is 5.69. The zero-order valence-corrected chi connectivity index (χ0v) is 18.0. The largest absolute Gasteiger partial charge is 0.493 e. The van der Waals surface area contributed by atoms with E-state index in [-0.39, 0.29) is 11.4 Å². The third kappa shape index (κ3) is 4.77. The number of aryl methyl sites for hydroxylation is 2. The number of aromatic nitrogens is 2. The van der Waals surface area contributed by atoms with Crippen molar-refractivity contribution < 1.29 is 14.3 Å². The number of anilines is 2. The Hall–Kier alpha value is -2.97. The smallest absolute Gasteiger partial charge is 0.324 e. The first kappa shape index (κ1) is 20.3. The molecule has 3 aromatic rings. The van der Waals surface area contributed by atoms with Crippen molar-refractivity contribution in [3.8, 4) is 16.3 Å². The molecule has 0 radical (unpaired) electrons. The number of hydrogen-bond acceptors (Lipinski definition) is 6. The van der Waals surface area contributed by atoms with Crippen LogP contribution in [0.2, 0.25) is 0 Å². The molecule has 156 valence electrons. The van der Waals surface area contributed by atoms with Crippen LogP contribution in [0.25, 0.3) is 10.6 Å². The van der Waals surface area contributed by atoms with Crippen molar-refractivity contribution in [2.75, 3.05) is 30.5 Å². The summed E-state index contributed by atoms with van der Waals surface area (Å²) in [6.07, 6.45) is 1.62. The number of hydrogen-bond donors (Lipinski definition) is 2. The SMILES string of the molecule is Cc1ccc(NC(=O)Nc2csc(-c3ccc(OCC4(C)COC4)c(C)c3)n2)cn1. The predicted octanol–water partition coefficient (Wildman–Crippen LogP) is 4.88. The molecule has 7 nitrogen and oxygen atoms in total. The molecular weight excluding hydrogens is 400 g/mol. The molecule has 0 spiro atoms. The molecular formula is C22H24N4O3S. The van der Waals surface area contributed by atoms with E-state index >= 15 is 0 Å². The summed E-state index contributed by atoms with van der Waals surface area (Å²) in [4.78, 5) is 20.9. The van der Waals surface area contributed by atoms with Gasteiger partial charge in [0, 0.05) is 22.1 Å².